The van der Waals surface area contributed by atoms with Crippen molar-refractivity contribution < 1.29 is 27.1 Å². The topological polar surface area (TPSA) is 38.3 Å². The van der Waals surface area contributed by atoms with E-state index >= 15 is 0 Å². The zero-order valence-corrected chi connectivity index (χ0v) is 11.2. The smallest absolute Gasteiger partial charge is 0.381 e. The fraction of sp³-hybridized carbons (Fsp3) is 0.500. The summed E-state index contributed by atoms with van der Waals surface area (Å²) in [7, 11) is 0. The highest BCUT2D eigenvalue weighted by Crippen LogP contribution is 2.32. The molecule has 0 aromatic heterocycles. The molecule has 0 saturated carbocycles. The number of nitrogens with one attached hydrogen (secondary N) is 1. The predicted molar refractivity (Wildman–Crippen MR) is 67.3 cm³/mol. The largest absolute Gasteiger partial charge is 0.419 e. The van der Waals surface area contributed by atoms with Gasteiger partial charge in [0, 0.05) is 19.8 Å². The molecule has 1 aromatic rings. The average molecular weight is 305 g/mol. The van der Waals surface area contributed by atoms with Gasteiger partial charge in [-0.1, -0.05) is 6.07 Å². The van der Waals surface area contributed by atoms with Crippen LogP contribution in [0.2, 0.25) is 0 Å². The Morgan fingerprint density at radius 3 is 2.57 bits per heavy atom. The minimum atomic E-state index is -4.82. The molecule has 1 aliphatic heterocycles. The van der Waals surface area contributed by atoms with E-state index in [0.717, 1.165) is 25.0 Å². The third kappa shape index (κ3) is 3.93. The maximum absolute atomic E-state index is 13.8. The number of ether oxygens (including phenoxy) is 1. The molecular formula is C14H15F4NO2. The molecule has 1 aromatic carbocycles. The second-order valence-electron chi connectivity index (χ2n) is 4.93. The lowest BCUT2D eigenvalue weighted by Gasteiger charge is -2.22. The van der Waals surface area contributed by atoms with Gasteiger partial charge in [0.15, 0.2) is 0 Å². The number of carbonyl (C=O) groups is 1. The second kappa shape index (κ2) is 6.43. The number of hydrogen-bond acceptors (Lipinski definition) is 2. The lowest BCUT2D eigenvalue weighted by Crippen LogP contribution is -2.33. The van der Waals surface area contributed by atoms with E-state index in [2.05, 4.69) is 5.32 Å². The van der Waals surface area contributed by atoms with Crippen molar-refractivity contribution in [2.45, 2.75) is 19.0 Å². The fourth-order valence-electron chi connectivity index (χ4n) is 2.21. The molecule has 1 heterocycles. The lowest BCUT2D eigenvalue weighted by atomic mass is 10.00. The van der Waals surface area contributed by atoms with Crippen molar-refractivity contribution in [3.8, 4) is 0 Å². The van der Waals surface area contributed by atoms with Crippen molar-refractivity contribution >= 4 is 5.91 Å². The predicted octanol–water partition coefficient (Wildman–Crippen LogP) is 3.00. The van der Waals surface area contributed by atoms with Crippen molar-refractivity contribution in [1.29, 1.82) is 0 Å². The molecule has 1 saturated heterocycles. The minimum Gasteiger partial charge on any atom is -0.381 e. The molecule has 0 bridgehead atoms. The van der Waals surface area contributed by atoms with Crippen molar-refractivity contribution in [2.24, 2.45) is 5.92 Å². The van der Waals surface area contributed by atoms with Gasteiger partial charge in [0.1, 0.15) is 5.82 Å². The van der Waals surface area contributed by atoms with Crippen LogP contribution in [0.3, 0.4) is 0 Å². The van der Waals surface area contributed by atoms with Crippen LogP contribution in [0, 0.1) is 11.7 Å². The van der Waals surface area contributed by atoms with Gasteiger partial charge >= 0.3 is 6.18 Å². The zero-order chi connectivity index (χ0) is 15.5. The molecule has 0 atom stereocenters. The van der Waals surface area contributed by atoms with Crippen LogP contribution in [-0.2, 0) is 10.9 Å². The summed E-state index contributed by atoms with van der Waals surface area (Å²) < 4.78 is 56.7. The van der Waals surface area contributed by atoms with E-state index in [4.69, 9.17) is 4.74 Å². The van der Waals surface area contributed by atoms with Crippen LogP contribution < -0.4 is 5.32 Å². The molecule has 0 spiro atoms. The van der Waals surface area contributed by atoms with Crippen molar-refractivity contribution in [1.82, 2.24) is 5.32 Å². The Kier molecular flexibility index (Phi) is 4.82. The van der Waals surface area contributed by atoms with Gasteiger partial charge in [0.25, 0.3) is 5.91 Å². The van der Waals surface area contributed by atoms with Gasteiger partial charge in [-0.15, -0.1) is 0 Å². The molecule has 2 rings (SSSR count). The van der Waals surface area contributed by atoms with Gasteiger partial charge in [-0.25, -0.2) is 4.39 Å². The van der Waals surface area contributed by atoms with Crippen LogP contribution >= 0.6 is 0 Å². The van der Waals surface area contributed by atoms with E-state index in [9.17, 15) is 22.4 Å². The van der Waals surface area contributed by atoms with Gasteiger partial charge in [-0.3, -0.25) is 4.79 Å². The van der Waals surface area contributed by atoms with E-state index in [1.54, 1.807) is 0 Å². The van der Waals surface area contributed by atoms with Gasteiger partial charge in [0.05, 0.1) is 11.1 Å². The third-order valence-electron chi connectivity index (χ3n) is 3.44. The molecule has 1 fully saturated rings. The number of alkyl halides is 3. The Bertz CT molecular complexity index is 510. The normalized spacial score (nSPS) is 16.8. The Labute approximate surface area is 119 Å². The van der Waals surface area contributed by atoms with Gasteiger partial charge in [0.2, 0.25) is 0 Å². The summed E-state index contributed by atoms with van der Waals surface area (Å²) in [5, 5.41) is 2.49. The Balaban J connectivity index is 2.05. The first-order valence-electron chi connectivity index (χ1n) is 6.61. The van der Waals surface area contributed by atoms with Gasteiger partial charge in [-0.05, 0) is 30.9 Å². The van der Waals surface area contributed by atoms with E-state index in [1.165, 1.54) is 0 Å². The summed E-state index contributed by atoms with van der Waals surface area (Å²) >= 11 is 0. The average Bonchev–Trinajstić information content (AvgIpc) is 2.45. The number of amides is 1. The molecule has 0 unspecified atom stereocenters. The van der Waals surface area contributed by atoms with Gasteiger partial charge in [-0.2, -0.15) is 13.2 Å². The molecule has 0 aliphatic carbocycles. The van der Waals surface area contributed by atoms with Crippen molar-refractivity contribution in [2.75, 3.05) is 19.8 Å². The van der Waals surface area contributed by atoms with Gasteiger partial charge < -0.3 is 10.1 Å². The summed E-state index contributed by atoms with van der Waals surface area (Å²) in [6.45, 7) is 1.49. The van der Waals surface area contributed by atoms with Crippen LogP contribution in [-0.4, -0.2) is 25.7 Å². The van der Waals surface area contributed by atoms with E-state index in [-0.39, 0.29) is 5.92 Å². The van der Waals surface area contributed by atoms with E-state index < -0.39 is 29.0 Å². The SMILES string of the molecule is O=C(NCC1CCOCC1)c1cccc(C(F)(F)F)c1F. The number of hydrogen-bond donors (Lipinski definition) is 1. The molecule has 1 N–H and O–H groups in total. The highest BCUT2D eigenvalue weighted by Gasteiger charge is 2.35. The second-order valence-corrected chi connectivity index (χ2v) is 4.93. The molecule has 3 nitrogen and oxygen atoms in total. The van der Waals surface area contributed by atoms with Crippen LogP contribution in [0.5, 0.6) is 0 Å². The monoisotopic (exact) mass is 305 g/mol. The highest BCUT2D eigenvalue weighted by atomic mass is 19.4. The minimum absolute atomic E-state index is 0.205. The quantitative estimate of drug-likeness (QED) is 0.872. The molecule has 7 heteroatoms. The number of halogens is 4. The maximum atomic E-state index is 13.8. The standard InChI is InChI=1S/C14H15F4NO2/c15-12-10(2-1-3-11(12)14(16,17)18)13(20)19-8-9-4-6-21-7-5-9/h1-3,9H,4-8H2,(H,19,20). The van der Waals surface area contributed by atoms with Crippen molar-refractivity contribution in [3.63, 3.8) is 0 Å². The molecule has 116 valence electrons. The zero-order valence-electron chi connectivity index (χ0n) is 11.2. The van der Waals surface area contributed by atoms with E-state index in [0.29, 0.717) is 25.8 Å². The molecule has 0 radical (unpaired) electrons. The van der Waals surface area contributed by atoms with Crippen molar-refractivity contribution in [3.05, 3.63) is 35.1 Å². The Morgan fingerprint density at radius 1 is 1.29 bits per heavy atom. The van der Waals surface area contributed by atoms with E-state index in [1.807, 2.05) is 0 Å². The first-order valence-corrected chi connectivity index (χ1v) is 6.61. The number of benzene rings is 1. The highest BCUT2D eigenvalue weighted by molar-refractivity contribution is 5.94. The van der Waals surface area contributed by atoms with Crippen LogP contribution in [0.1, 0.15) is 28.8 Å². The molecular weight excluding hydrogens is 290 g/mol. The number of carbonyl (C=O) groups excluding carboxylic acids is 1. The summed E-state index contributed by atoms with van der Waals surface area (Å²) in [5.74, 6) is -2.16. The first kappa shape index (κ1) is 15.8. The summed E-state index contributed by atoms with van der Waals surface area (Å²) in [5.41, 5.74) is -2.02. The summed E-state index contributed by atoms with van der Waals surface area (Å²) in [6, 6.07) is 2.68. The van der Waals surface area contributed by atoms with Crippen LogP contribution in [0.15, 0.2) is 18.2 Å². The maximum Gasteiger partial charge on any atom is 0.419 e. The third-order valence-corrected chi connectivity index (χ3v) is 3.44. The Morgan fingerprint density at radius 2 is 1.95 bits per heavy atom. The first-order chi connectivity index (χ1) is 9.89. The number of rotatable bonds is 3. The molecule has 21 heavy (non-hydrogen) atoms. The Hall–Kier alpha value is -1.63. The molecule has 1 aliphatic rings. The lowest BCUT2D eigenvalue weighted by molar-refractivity contribution is -0.140. The fourth-order valence-corrected chi connectivity index (χ4v) is 2.21. The summed E-state index contributed by atoms with van der Waals surface area (Å²) in [4.78, 5) is 11.8. The van der Waals surface area contributed by atoms with Crippen LogP contribution in [0.4, 0.5) is 17.6 Å². The molecule has 1 amide bonds. The van der Waals surface area contributed by atoms with Crippen LogP contribution in [0.25, 0.3) is 0 Å². The summed E-state index contributed by atoms with van der Waals surface area (Å²) in [6.07, 6.45) is -3.28.